The Bertz CT molecular complexity index is 781. The summed E-state index contributed by atoms with van der Waals surface area (Å²) < 4.78 is 10.5. The quantitative estimate of drug-likeness (QED) is 0.706. The van der Waals surface area contributed by atoms with Crippen LogP contribution < -0.4 is 20.5 Å². The van der Waals surface area contributed by atoms with Gasteiger partial charge in [-0.3, -0.25) is 14.4 Å². The zero-order valence-electron chi connectivity index (χ0n) is 15.7. The molecule has 3 N–H and O–H groups in total. The number of ether oxygens (including phenoxy) is 2. The second-order valence-electron chi connectivity index (χ2n) is 7.12. The molecule has 1 saturated carbocycles. The van der Waals surface area contributed by atoms with Gasteiger partial charge in [0, 0.05) is 24.7 Å². The number of nitrogens with zero attached hydrogens (tertiary/aromatic N) is 1. The van der Waals surface area contributed by atoms with Crippen LogP contribution in [0.15, 0.2) is 12.1 Å². The first kappa shape index (κ1) is 20.3. The van der Waals surface area contributed by atoms with Crippen molar-refractivity contribution in [2.45, 2.75) is 31.7 Å². The lowest BCUT2D eigenvalue weighted by Crippen LogP contribution is -2.45. The molecule has 1 unspecified atom stereocenters. The van der Waals surface area contributed by atoms with Crippen LogP contribution in [0.4, 0.5) is 0 Å². The summed E-state index contributed by atoms with van der Waals surface area (Å²) in [6.45, 7) is 0.594. The summed E-state index contributed by atoms with van der Waals surface area (Å²) in [5, 5.41) is 3.15. The lowest BCUT2D eigenvalue weighted by atomic mass is 9.96. The van der Waals surface area contributed by atoms with E-state index < -0.39 is 5.91 Å². The van der Waals surface area contributed by atoms with Gasteiger partial charge < -0.3 is 25.4 Å². The average molecular weight is 410 g/mol. The van der Waals surface area contributed by atoms with Crippen molar-refractivity contribution < 1.29 is 23.9 Å². The monoisotopic (exact) mass is 409 g/mol. The fourth-order valence-electron chi connectivity index (χ4n) is 3.23. The highest BCUT2D eigenvalue weighted by Crippen LogP contribution is 2.37. The molecule has 1 aromatic rings. The molecular formula is C19H24ClN3O5. The molecule has 1 saturated heterocycles. The van der Waals surface area contributed by atoms with Crippen molar-refractivity contribution in [1.29, 1.82) is 0 Å². The number of benzene rings is 1. The van der Waals surface area contributed by atoms with Crippen LogP contribution in [-0.2, 0) is 9.59 Å². The maximum Gasteiger partial charge on any atom is 0.255 e. The number of nitrogens with one attached hydrogen (secondary N) is 1. The predicted molar refractivity (Wildman–Crippen MR) is 102 cm³/mol. The molecular weight excluding hydrogens is 386 g/mol. The molecule has 8 nitrogen and oxygen atoms in total. The number of carbonyl (C=O) groups excluding carboxylic acids is 3. The van der Waals surface area contributed by atoms with Crippen LogP contribution in [0.3, 0.4) is 0 Å². The van der Waals surface area contributed by atoms with Gasteiger partial charge in [0.1, 0.15) is 0 Å². The third-order valence-corrected chi connectivity index (χ3v) is 5.12. The van der Waals surface area contributed by atoms with E-state index in [9.17, 15) is 14.4 Å². The number of carbonyl (C=O) groups is 3. The largest absolute Gasteiger partial charge is 0.493 e. The molecule has 0 bridgehead atoms. The zero-order chi connectivity index (χ0) is 20.3. The highest BCUT2D eigenvalue weighted by Gasteiger charge is 2.32. The van der Waals surface area contributed by atoms with E-state index in [1.807, 2.05) is 0 Å². The van der Waals surface area contributed by atoms with Gasteiger partial charge in [0.05, 0.1) is 18.1 Å². The van der Waals surface area contributed by atoms with Crippen LogP contribution in [0.5, 0.6) is 11.5 Å². The lowest BCUT2D eigenvalue weighted by Gasteiger charge is -2.32. The Balaban J connectivity index is 1.72. The zero-order valence-corrected chi connectivity index (χ0v) is 16.5. The van der Waals surface area contributed by atoms with Crippen LogP contribution >= 0.6 is 11.6 Å². The first-order chi connectivity index (χ1) is 13.4. The number of amides is 3. The Kier molecular flexibility index (Phi) is 6.28. The van der Waals surface area contributed by atoms with Gasteiger partial charge in [0.15, 0.2) is 18.1 Å². The minimum atomic E-state index is -0.651. The van der Waals surface area contributed by atoms with E-state index in [0.29, 0.717) is 24.7 Å². The van der Waals surface area contributed by atoms with E-state index in [1.54, 1.807) is 4.90 Å². The second kappa shape index (κ2) is 8.68. The summed E-state index contributed by atoms with van der Waals surface area (Å²) in [5.74, 6) is -0.677. The molecule has 3 amide bonds. The van der Waals surface area contributed by atoms with Gasteiger partial charge in [0.2, 0.25) is 5.91 Å². The van der Waals surface area contributed by atoms with Crippen LogP contribution in [0.1, 0.15) is 36.0 Å². The number of hydrogen-bond acceptors (Lipinski definition) is 5. The smallest absolute Gasteiger partial charge is 0.255 e. The summed E-state index contributed by atoms with van der Waals surface area (Å²) in [6, 6.07) is 3.28. The summed E-state index contributed by atoms with van der Waals surface area (Å²) in [5.41, 5.74) is 5.42. The van der Waals surface area contributed by atoms with Crippen LogP contribution in [0, 0.1) is 5.92 Å². The van der Waals surface area contributed by atoms with Gasteiger partial charge in [-0.15, -0.1) is 0 Å². The van der Waals surface area contributed by atoms with Crippen molar-refractivity contribution in [3.8, 4) is 11.5 Å². The van der Waals surface area contributed by atoms with Crippen LogP contribution in [0.25, 0.3) is 0 Å². The Morgan fingerprint density at radius 3 is 2.68 bits per heavy atom. The van der Waals surface area contributed by atoms with E-state index >= 15 is 0 Å². The number of piperidine rings is 1. The fourth-order valence-corrected chi connectivity index (χ4v) is 3.50. The fraction of sp³-hybridized carbons (Fsp3) is 0.526. The molecule has 28 heavy (non-hydrogen) atoms. The second-order valence-corrected chi connectivity index (χ2v) is 7.52. The SMILES string of the molecule is COc1cc(C(=O)N2CCCC(C(=O)NC3CC3)C2)cc(Cl)c1OCC(N)=O. The maximum absolute atomic E-state index is 13.0. The molecule has 0 aromatic heterocycles. The summed E-state index contributed by atoms with van der Waals surface area (Å²) >= 11 is 6.23. The van der Waals surface area contributed by atoms with Gasteiger partial charge in [-0.25, -0.2) is 0 Å². The number of methoxy groups -OCH3 is 1. The highest BCUT2D eigenvalue weighted by atomic mass is 35.5. The molecule has 0 radical (unpaired) electrons. The first-order valence-electron chi connectivity index (χ1n) is 9.27. The van der Waals surface area contributed by atoms with Gasteiger partial charge in [0.25, 0.3) is 11.8 Å². The Labute approximate surface area is 168 Å². The number of halogens is 1. The number of rotatable bonds is 7. The number of primary amides is 1. The first-order valence-corrected chi connectivity index (χ1v) is 9.65. The molecule has 2 fully saturated rings. The van der Waals surface area contributed by atoms with Gasteiger partial charge >= 0.3 is 0 Å². The summed E-state index contributed by atoms with van der Waals surface area (Å²) in [6.07, 6.45) is 3.60. The van der Waals surface area contributed by atoms with Crippen LogP contribution in [0.2, 0.25) is 5.02 Å². The predicted octanol–water partition coefficient (Wildman–Crippen LogP) is 1.34. The standard InChI is InChI=1S/C19H24ClN3O5/c1-27-15-8-12(7-14(20)17(15)28-10-16(21)24)19(26)23-6-2-3-11(9-23)18(25)22-13-4-5-13/h7-8,11,13H,2-6,9-10H2,1H3,(H2,21,24)(H,22,25). The molecule has 1 aliphatic heterocycles. The topological polar surface area (TPSA) is 111 Å². The third-order valence-electron chi connectivity index (χ3n) is 4.84. The normalized spacial score (nSPS) is 19.1. The average Bonchev–Trinajstić information content (AvgIpc) is 3.49. The van der Waals surface area contributed by atoms with E-state index in [4.69, 9.17) is 26.8 Å². The Morgan fingerprint density at radius 1 is 1.29 bits per heavy atom. The summed E-state index contributed by atoms with van der Waals surface area (Å²) in [7, 11) is 1.41. The van der Waals surface area contributed by atoms with Crippen LogP contribution in [-0.4, -0.2) is 55.5 Å². The van der Waals surface area contributed by atoms with E-state index in [0.717, 1.165) is 25.7 Å². The molecule has 1 aliphatic carbocycles. The van der Waals surface area contributed by atoms with Gasteiger partial charge in [-0.1, -0.05) is 11.6 Å². The minimum Gasteiger partial charge on any atom is -0.493 e. The number of likely N-dealkylation sites (tertiary alicyclic amines) is 1. The van der Waals surface area contributed by atoms with Crippen molar-refractivity contribution in [3.05, 3.63) is 22.7 Å². The van der Waals surface area contributed by atoms with E-state index in [-0.39, 0.29) is 40.9 Å². The van der Waals surface area contributed by atoms with E-state index in [2.05, 4.69) is 5.32 Å². The Morgan fingerprint density at radius 2 is 2.04 bits per heavy atom. The highest BCUT2D eigenvalue weighted by molar-refractivity contribution is 6.32. The summed E-state index contributed by atoms with van der Waals surface area (Å²) in [4.78, 5) is 37.9. The molecule has 1 atom stereocenters. The van der Waals surface area contributed by atoms with Crippen molar-refractivity contribution in [2.24, 2.45) is 11.7 Å². The number of hydrogen-bond donors (Lipinski definition) is 2. The lowest BCUT2D eigenvalue weighted by molar-refractivity contribution is -0.126. The molecule has 9 heteroatoms. The van der Waals surface area contributed by atoms with Gasteiger partial charge in [-0.05, 0) is 37.8 Å². The van der Waals surface area contributed by atoms with E-state index in [1.165, 1.54) is 19.2 Å². The molecule has 1 heterocycles. The molecule has 1 aromatic carbocycles. The van der Waals surface area contributed by atoms with Gasteiger partial charge in [-0.2, -0.15) is 0 Å². The Hall–Kier alpha value is -2.48. The maximum atomic E-state index is 13.0. The van der Waals surface area contributed by atoms with Crippen molar-refractivity contribution in [1.82, 2.24) is 10.2 Å². The molecule has 2 aliphatic rings. The molecule has 0 spiro atoms. The minimum absolute atomic E-state index is 0.0193. The van der Waals surface area contributed by atoms with Crippen molar-refractivity contribution in [3.63, 3.8) is 0 Å². The molecule has 152 valence electrons. The van der Waals surface area contributed by atoms with Crippen molar-refractivity contribution >= 4 is 29.3 Å². The van der Waals surface area contributed by atoms with Crippen molar-refractivity contribution in [2.75, 3.05) is 26.8 Å². The third kappa shape index (κ3) is 4.86. The number of nitrogens with two attached hydrogens (primary N) is 1. The molecule has 3 rings (SSSR count).